The van der Waals surface area contributed by atoms with Gasteiger partial charge in [0, 0.05) is 26.7 Å². The van der Waals surface area contributed by atoms with E-state index < -0.39 is 0 Å². The highest BCUT2D eigenvalue weighted by Crippen LogP contribution is 2.25. The lowest BCUT2D eigenvalue weighted by Crippen LogP contribution is -2.15. The average Bonchev–Trinajstić information content (AvgIpc) is 2.82. The minimum Gasteiger partial charge on any atom is -0.380 e. The lowest BCUT2D eigenvalue weighted by atomic mass is 10.1. The fraction of sp³-hybridized carbons (Fsp3) is 0.294. The summed E-state index contributed by atoms with van der Waals surface area (Å²) in [5.41, 5.74) is 5.55. The van der Waals surface area contributed by atoms with E-state index in [9.17, 15) is 0 Å². The maximum Gasteiger partial charge on any atom is 0.0713 e. The predicted molar refractivity (Wildman–Crippen MR) is 76.5 cm³/mol. The molecule has 2 aromatic rings. The molecule has 2 nitrogen and oxygen atoms in total. The van der Waals surface area contributed by atoms with Crippen LogP contribution in [0.15, 0.2) is 48.5 Å². The molecule has 1 aliphatic rings. The molecule has 0 radical (unpaired) electrons. The average molecular weight is 253 g/mol. The van der Waals surface area contributed by atoms with Crippen LogP contribution in [0.3, 0.4) is 0 Å². The van der Waals surface area contributed by atoms with Gasteiger partial charge in [0.05, 0.1) is 6.61 Å². The van der Waals surface area contributed by atoms with Crippen LogP contribution in [0.5, 0.6) is 0 Å². The highest BCUT2D eigenvalue weighted by atomic mass is 16.5. The van der Waals surface area contributed by atoms with E-state index in [0.29, 0.717) is 6.61 Å². The van der Waals surface area contributed by atoms with Crippen molar-refractivity contribution in [2.75, 3.05) is 7.11 Å². The standard InChI is InChI=1S/C17H19NO/c1-19-13-15-7-8-16-11-18(12-17(16)9-15)10-14-5-3-2-4-6-14/h2-9H,10-13H2,1H3. The van der Waals surface area contributed by atoms with Crippen molar-refractivity contribution in [1.82, 2.24) is 4.90 Å². The third-order valence-electron chi connectivity index (χ3n) is 3.62. The van der Waals surface area contributed by atoms with E-state index in [1.165, 1.54) is 22.3 Å². The van der Waals surface area contributed by atoms with E-state index in [1.807, 2.05) is 0 Å². The van der Waals surface area contributed by atoms with E-state index in [0.717, 1.165) is 19.6 Å². The Morgan fingerprint density at radius 2 is 1.74 bits per heavy atom. The van der Waals surface area contributed by atoms with Crippen molar-refractivity contribution in [2.45, 2.75) is 26.2 Å². The molecule has 0 spiro atoms. The monoisotopic (exact) mass is 253 g/mol. The second-order valence-corrected chi connectivity index (χ2v) is 5.17. The van der Waals surface area contributed by atoms with E-state index in [-0.39, 0.29) is 0 Å². The first kappa shape index (κ1) is 12.4. The molecule has 98 valence electrons. The second kappa shape index (κ2) is 5.55. The number of fused-ring (bicyclic) bond motifs is 1. The van der Waals surface area contributed by atoms with Gasteiger partial charge in [-0.05, 0) is 22.3 Å². The molecule has 0 bridgehead atoms. The Kier molecular flexibility index (Phi) is 3.62. The minimum absolute atomic E-state index is 0.700. The van der Waals surface area contributed by atoms with Crippen LogP contribution in [-0.4, -0.2) is 12.0 Å². The molecule has 1 aliphatic heterocycles. The number of hydrogen-bond donors (Lipinski definition) is 0. The van der Waals surface area contributed by atoms with Crippen LogP contribution in [0.4, 0.5) is 0 Å². The summed E-state index contributed by atoms with van der Waals surface area (Å²) in [6.45, 7) is 3.82. The van der Waals surface area contributed by atoms with Gasteiger partial charge in [0.25, 0.3) is 0 Å². The number of methoxy groups -OCH3 is 1. The molecule has 0 N–H and O–H groups in total. The van der Waals surface area contributed by atoms with Gasteiger partial charge in [-0.1, -0.05) is 48.5 Å². The molecule has 2 heteroatoms. The summed E-state index contributed by atoms with van der Waals surface area (Å²) in [6, 6.07) is 17.4. The Balaban J connectivity index is 1.70. The first-order chi connectivity index (χ1) is 9.35. The topological polar surface area (TPSA) is 12.5 Å². The summed E-state index contributed by atoms with van der Waals surface area (Å²) in [6.07, 6.45) is 0. The summed E-state index contributed by atoms with van der Waals surface area (Å²) in [5.74, 6) is 0. The van der Waals surface area contributed by atoms with Crippen LogP contribution in [0.25, 0.3) is 0 Å². The van der Waals surface area contributed by atoms with Crippen LogP contribution in [0.2, 0.25) is 0 Å². The Morgan fingerprint density at radius 1 is 0.947 bits per heavy atom. The van der Waals surface area contributed by atoms with Crippen molar-refractivity contribution in [3.8, 4) is 0 Å². The quantitative estimate of drug-likeness (QED) is 0.828. The lowest BCUT2D eigenvalue weighted by molar-refractivity contribution is 0.185. The first-order valence-corrected chi connectivity index (χ1v) is 6.71. The molecule has 0 atom stereocenters. The van der Waals surface area contributed by atoms with Crippen LogP contribution >= 0.6 is 0 Å². The maximum absolute atomic E-state index is 5.20. The van der Waals surface area contributed by atoms with Crippen molar-refractivity contribution >= 4 is 0 Å². The van der Waals surface area contributed by atoms with Gasteiger partial charge in [0.2, 0.25) is 0 Å². The fourth-order valence-corrected chi connectivity index (χ4v) is 2.73. The van der Waals surface area contributed by atoms with Crippen molar-refractivity contribution in [3.63, 3.8) is 0 Å². The largest absolute Gasteiger partial charge is 0.380 e. The van der Waals surface area contributed by atoms with E-state index in [1.54, 1.807) is 7.11 Å². The molecule has 19 heavy (non-hydrogen) atoms. The number of hydrogen-bond acceptors (Lipinski definition) is 2. The van der Waals surface area contributed by atoms with Crippen molar-refractivity contribution in [1.29, 1.82) is 0 Å². The van der Waals surface area contributed by atoms with Crippen LogP contribution < -0.4 is 0 Å². The van der Waals surface area contributed by atoms with Gasteiger partial charge >= 0.3 is 0 Å². The summed E-state index contributed by atoms with van der Waals surface area (Å²) in [7, 11) is 1.74. The van der Waals surface area contributed by atoms with Gasteiger partial charge in [-0.2, -0.15) is 0 Å². The van der Waals surface area contributed by atoms with Crippen molar-refractivity contribution < 1.29 is 4.74 Å². The number of rotatable bonds is 4. The molecule has 0 saturated heterocycles. The van der Waals surface area contributed by atoms with E-state index in [2.05, 4.69) is 53.4 Å². The summed E-state index contributed by atoms with van der Waals surface area (Å²) >= 11 is 0. The van der Waals surface area contributed by atoms with Gasteiger partial charge in [-0.15, -0.1) is 0 Å². The normalized spacial score (nSPS) is 14.6. The second-order valence-electron chi connectivity index (χ2n) is 5.17. The minimum atomic E-state index is 0.700. The number of ether oxygens (including phenoxy) is 1. The highest BCUT2D eigenvalue weighted by Gasteiger charge is 2.18. The van der Waals surface area contributed by atoms with E-state index in [4.69, 9.17) is 4.74 Å². The van der Waals surface area contributed by atoms with Crippen LogP contribution in [-0.2, 0) is 31.0 Å². The molecule has 0 saturated carbocycles. The molecular formula is C17H19NO. The lowest BCUT2D eigenvalue weighted by Gasteiger charge is -2.14. The molecule has 0 fully saturated rings. The molecule has 1 heterocycles. The highest BCUT2D eigenvalue weighted by molar-refractivity contribution is 5.34. The smallest absolute Gasteiger partial charge is 0.0713 e. The van der Waals surface area contributed by atoms with Crippen molar-refractivity contribution in [2.24, 2.45) is 0 Å². The molecule has 0 aliphatic carbocycles. The zero-order valence-corrected chi connectivity index (χ0v) is 11.3. The molecule has 2 aromatic carbocycles. The molecule has 3 rings (SSSR count). The van der Waals surface area contributed by atoms with Gasteiger partial charge < -0.3 is 4.74 Å². The molecule has 0 aromatic heterocycles. The first-order valence-electron chi connectivity index (χ1n) is 6.71. The molecular weight excluding hydrogens is 234 g/mol. The Hall–Kier alpha value is -1.64. The van der Waals surface area contributed by atoms with Gasteiger partial charge in [0.15, 0.2) is 0 Å². The van der Waals surface area contributed by atoms with Gasteiger partial charge in [-0.25, -0.2) is 0 Å². The summed E-state index contributed by atoms with van der Waals surface area (Å²) in [5, 5.41) is 0. The fourth-order valence-electron chi connectivity index (χ4n) is 2.73. The zero-order chi connectivity index (χ0) is 13.1. The third-order valence-corrected chi connectivity index (χ3v) is 3.62. The summed E-state index contributed by atoms with van der Waals surface area (Å²) in [4.78, 5) is 2.48. The third kappa shape index (κ3) is 2.86. The van der Waals surface area contributed by atoms with Crippen molar-refractivity contribution in [3.05, 3.63) is 70.8 Å². The zero-order valence-electron chi connectivity index (χ0n) is 11.3. The van der Waals surface area contributed by atoms with Gasteiger partial charge in [0.1, 0.15) is 0 Å². The SMILES string of the molecule is COCc1ccc2c(c1)CN(Cc1ccccc1)C2. The summed E-state index contributed by atoms with van der Waals surface area (Å²) < 4.78 is 5.20. The Labute approximate surface area is 114 Å². The Morgan fingerprint density at radius 3 is 2.53 bits per heavy atom. The predicted octanol–water partition coefficient (Wildman–Crippen LogP) is 3.35. The molecule has 0 unspecified atom stereocenters. The van der Waals surface area contributed by atoms with Crippen LogP contribution in [0, 0.1) is 0 Å². The van der Waals surface area contributed by atoms with Crippen LogP contribution in [0.1, 0.15) is 22.3 Å². The Bertz CT molecular complexity index is 550. The molecule has 0 amide bonds. The van der Waals surface area contributed by atoms with Gasteiger partial charge in [-0.3, -0.25) is 4.90 Å². The number of benzene rings is 2. The van der Waals surface area contributed by atoms with E-state index >= 15 is 0 Å². The number of nitrogens with zero attached hydrogens (tertiary/aromatic N) is 1. The maximum atomic E-state index is 5.20.